The SMILES string of the molecule is COc1cc(C#N)ccc1OS(=O)(=O)c1cc(C(F)(F)F)ccc1Cl. The summed E-state index contributed by atoms with van der Waals surface area (Å²) < 4.78 is 72.8. The fourth-order valence-corrected chi connectivity index (χ4v) is 3.28. The maximum Gasteiger partial charge on any atom is 0.416 e. The molecule has 0 aromatic heterocycles. The fourth-order valence-electron chi connectivity index (χ4n) is 1.84. The molecule has 0 heterocycles. The van der Waals surface area contributed by atoms with Crippen LogP contribution in [0.5, 0.6) is 11.5 Å². The van der Waals surface area contributed by atoms with Crippen molar-refractivity contribution >= 4 is 21.7 Å². The molecule has 0 amide bonds. The van der Waals surface area contributed by atoms with E-state index in [1.807, 2.05) is 6.07 Å². The fraction of sp³-hybridized carbons (Fsp3) is 0.133. The van der Waals surface area contributed by atoms with Crippen LogP contribution >= 0.6 is 11.6 Å². The van der Waals surface area contributed by atoms with Crippen molar-refractivity contribution in [2.24, 2.45) is 0 Å². The number of benzene rings is 2. The number of methoxy groups -OCH3 is 1. The predicted octanol–water partition coefficient (Wildman–Crippen LogP) is 4.01. The van der Waals surface area contributed by atoms with Gasteiger partial charge in [-0.05, 0) is 30.3 Å². The lowest BCUT2D eigenvalue weighted by molar-refractivity contribution is -0.137. The molecule has 2 rings (SSSR count). The smallest absolute Gasteiger partial charge is 0.416 e. The Morgan fingerprint density at radius 1 is 1.12 bits per heavy atom. The van der Waals surface area contributed by atoms with E-state index in [1.54, 1.807) is 0 Å². The van der Waals surface area contributed by atoms with Crippen LogP contribution in [0.1, 0.15) is 11.1 Å². The number of hydrogen-bond acceptors (Lipinski definition) is 5. The zero-order valence-corrected chi connectivity index (χ0v) is 14.0. The van der Waals surface area contributed by atoms with Gasteiger partial charge in [0.1, 0.15) is 4.90 Å². The summed E-state index contributed by atoms with van der Waals surface area (Å²) in [5, 5.41) is 8.38. The second-order valence-corrected chi connectivity index (χ2v) is 6.58. The van der Waals surface area contributed by atoms with Crippen molar-refractivity contribution in [3.05, 3.63) is 52.5 Å². The summed E-state index contributed by atoms with van der Waals surface area (Å²) in [6.45, 7) is 0. The van der Waals surface area contributed by atoms with Gasteiger partial charge < -0.3 is 8.92 Å². The molecule has 0 aliphatic rings. The second kappa shape index (κ2) is 6.82. The molecule has 10 heteroatoms. The Labute approximate surface area is 146 Å². The van der Waals surface area contributed by atoms with E-state index >= 15 is 0 Å². The lowest BCUT2D eigenvalue weighted by Gasteiger charge is -2.13. The van der Waals surface area contributed by atoms with Crippen LogP contribution in [0.2, 0.25) is 5.02 Å². The summed E-state index contributed by atoms with van der Waals surface area (Å²) in [6, 6.07) is 7.32. The summed E-state index contributed by atoms with van der Waals surface area (Å²) in [7, 11) is -3.46. The summed E-state index contributed by atoms with van der Waals surface area (Å²) in [6.07, 6.45) is -4.75. The molecule has 0 radical (unpaired) electrons. The van der Waals surface area contributed by atoms with Crippen LogP contribution in [0, 0.1) is 11.3 Å². The number of alkyl halides is 3. The van der Waals surface area contributed by atoms with Crippen LogP contribution in [0.3, 0.4) is 0 Å². The molecule has 0 saturated heterocycles. The molecule has 25 heavy (non-hydrogen) atoms. The highest BCUT2D eigenvalue weighted by Gasteiger charge is 2.33. The minimum absolute atomic E-state index is 0.0780. The summed E-state index contributed by atoms with van der Waals surface area (Å²) in [4.78, 5) is -0.838. The van der Waals surface area contributed by atoms with Gasteiger partial charge in [0, 0.05) is 6.07 Å². The third-order valence-electron chi connectivity index (χ3n) is 3.02. The molecule has 5 nitrogen and oxygen atoms in total. The third-order valence-corrected chi connectivity index (χ3v) is 4.74. The first kappa shape index (κ1) is 18.9. The van der Waals surface area contributed by atoms with Gasteiger partial charge in [-0.25, -0.2) is 0 Å². The maximum atomic E-state index is 12.8. The molecule has 0 atom stereocenters. The molecule has 0 saturated carbocycles. The van der Waals surface area contributed by atoms with Gasteiger partial charge >= 0.3 is 16.3 Å². The number of hydrogen-bond donors (Lipinski definition) is 0. The zero-order valence-electron chi connectivity index (χ0n) is 12.5. The minimum Gasteiger partial charge on any atom is -0.493 e. The molecule has 0 bridgehead atoms. The van der Waals surface area contributed by atoms with Crippen LogP contribution in [-0.4, -0.2) is 15.5 Å². The average molecular weight is 392 g/mol. The van der Waals surface area contributed by atoms with Gasteiger partial charge in [0.25, 0.3) is 0 Å². The highest BCUT2D eigenvalue weighted by Crippen LogP contribution is 2.36. The average Bonchev–Trinajstić information content (AvgIpc) is 2.54. The Morgan fingerprint density at radius 3 is 2.36 bits per heavy atom. The Bertz CT molecular complexity index is 952. The third kappa shape index (κ3) is 4.15. The molecule has 132 valence electrons. The Hall–Kier alpha value is -2.44. The Kier molecular flexibility index (Phi) is 5.15. The van der Waals surface area contributed by atoms with Gasteiger partial charge in [0.15, 0.2) is 11.5 Å². The normalized spacial score (nSPS) is 11.7. The van der Waals surface area contributed by atoms with Crippen molar-refractivity contribution in [1.29, 1.82) is 5.26 Å². The number of ether oxygens (including phenoxy) is 1. The largest absolute Gasteiger partial charge is 0.493 e. The molecule has 0 unspecified atom stereocenters. The van der Waals surface area contributed by atoms with Crippen molar-refractivity contribution in [1.82, 2.24) is 0 Å². The summed E-state index contributed by atoms with van der Waals surface area (Å²) >= 11 is 5.72. The lowest BCUT2D eigenvalue weighted by Crippen LogP contribution is -2.13. The van der Waals surface area contributed by atoms with Gasteiger partial charge in [-0.2, -0.15) is 26.9 Å². The second-order valence-electron chi connectivity index (χ2n) is 4.66. The molecule has 2 aromatic rings. The van der Waals surface area contributed by atoms with Crippen molar-refractivity contribution in [2.45, 2.75) is 11.1 Å². The van der Waals surface area contributed by atoms with E-state index < -0.39 is 31.8 Å². The van der Waals surface area contributed by atoms with Gasteiger partial charge in [-0.15, -0.1) is 0 Å². The quantitative estimate of drug-likeness (QED) is 0.736. The minimum atomic E-state index is -4.75. The van der Waals surface area contributed by atoms with Crippen LogP contribution < -0.4 is 8.92 Å². The monoisotopic (exact) mass is 391 g/mol. The van der Waals surface area contributed by atoms with Crippen LogP contribution in [-0.2, 0) is 16.3 Å². The molecule has 0 fully saturated rings. The highest BCUT2D eigenvalue weighted by molar-refractivity contribution is 7.87. The number of nitrogens with zero attached hydrogens (tertiary/aromatic N) is 1. The van der Waals surface area contributed by atoms with Gasteiger partial charge in [-0.3, -0.25) is 0 Å². The molecular formula is C15H9ClF3NO4S. The molecule has 0 N–H and O–H groups in total. The molecule has 0 aliphatic heterocycles. The van der Waals surface area contributed by atoms with Crippen molar-refractivity contribution < 1.29 is 30.5 Å². The van der Waals surface area contributed by atoms with E-state index in [0.29, 0.717) is 12.1 Å². The van der Waals surface area contributed by atoms with Crippen LogP contribution in [0.25, 0.3) is 0 Å². The van der Waals surface area contributed by atoms with Gasteiger partial charge in [0.2, 0.25) is 0 Å². The predicted molar refractivity (Wildman–Crippen MR) is 82.0 cm³/mol. The van der Waals surface area contributed by atoms with Crippen LogP contribution in [0.15, 0.2) is 41.3 Å². The molecule has 2 aromatic carbocycles. The topological polar surface area (TPSA) is 76.4 Å². The maximum absolute atomic E-state index is 12.8. The Morgan fingerprint density at radius 2 is 1.80 bits per heavy atom. The van der Waals surface area contributed by atoms with Crippen molar-refractivity contribution in [3.8, 4) is 17.6 Å². The van der Waals surface area contributed by atoms with Gasteiger partial charge in [0.05, 0.1) is 29.3 Å². The summed E-state index contributed by atoms with van der Waals surface area (Å²) in [5.41, 5.74) is -1.01. The van der Waals surface area contributed by atoms with Crippen molar-refractivity contribution in [3.63, 3.8) is 0 Å². The first-order valence-corrected chi connectivity index (χ1v) is 8.26. The number of nitriles is 1. The van der Waals surface area contributed by atoms with Gasteiger partial charge in [-0.1, -0.05) is 11.6 Å². The highest BCUT2D eigenvalue weighted by atomic mass is 35.5. The standard InChI is InChI=1S/C15H9ClF3NO4S/c1-23-13-6-9(8-20)2-5-12(13)24-25(21,22)14-7-10(15(17,18)19)3-4-11(14)16/h2-7H,1H3. The molecule has 0 spiro atoms. The zero-order chi connectivity index (χ0) is 18.8. The molecular weight excluding hydrogens is 383 g/mol. The first-order valence-electron chi connectivity index (χ1n) is 6.48. The lowest BCUT2D eigenvalue weighted by atomic mass is 10.2. The Balaban J connectivity index is 2.49. The number of rotatable bonds is 4. The van der Waals surface area contributed by atoms with E-state index in [9.17, 15) is 21.6 Å². The van der Waals surface area contributed by atoms with E-state index in [0.717, 1.165) is 12.1 Å². The summed E-state index contributed by atoms with van der Waals surface area (Å²) in [5.74, 6) is -0.374. The van der Waals surface area contributed by atoms with Crippen LogP contribution in [0.4, 0.5) is 13.2 Å². The van der Waals surface area contributed by atoms with E-state index in [-0.39, 0.29) is 17.1 Å². The van der Waals surface area contributed by atoms with Crippen molar-refractivity contribution in [2.75, 3.05) is 7.11 Å². The molecule has 0 aliphatic carbocycles. The first-order chi connectivity index (χ1) is 11.6. The number of halogens is 4. The van der Waals surface area contributed by atoms with E-state index in [4.69, 9.17) is 25.8 Å². The van der Waals surface area contributed by atoms with E-state index in [1.165, 1.54) is 19.2 Å². The van der Waals surface area contributed by atoms with E-state index in [2.05, 4.69) is 0 Å².